The van der Waals surface area contributed by atoms with Gasteiger partial charge in [0, 0.05) is 37.0 Å². The summed E-state index contributed by atoms with van der Waals surface area (Å²) in [5.74, 6) is 1.57. The van der Waals surface area contributed by atoms with E-state index in [1.54, 1.807) is 6.07 Å². The van der Waals surface area contributed by atoms with Gasteiger partial charge in [-0.2, -0.15) is 0 Å². The smallest absolute Gasteiger partial charge is 0.318 e. The summed E-state index contributed by atoms with van der Waals surface area (Å²) in [5, 5.41) is 14.2. The topological polar surface area (TPSA) is 74.7 Å². The highest BCUT2D eigenvalue weighted by Crippen LogP contribution is 2.55. The van der Waals surface area contributed by atoms with Gasteiger partial charge in [-0.1, -0.05) is 0 Å². The molecule has 6 aliphatic rings. The fourth-order valence-corrected chi connectivity index (χ4v) is 7.59. The van der Waals surface area contributed by atoms with E-state index < -0.39 is 5.60 Å². The maximum Gasteiger partial charge on any atom is 0.318 e. The SMILES string of the molecule is O=C(NC1C2CC3CC1CC(O)(C3)C2)N1[C@@H]2CC[C@H]1CC(Oc1ccc(F)cn1)C2. The van der Waals surface area contributed by atoms with Crippen molar-refractivity contribution in [2.45, 2.75) is 87.6 Å². The molecule has 30 heavy (non-hydrogen) atoms. The summed E-state index contributed by atoms with van der Waals surface area (Å²) in [5.41, 5.74) is -0.471. The van der Waals surface area contributed by atoms with Crippen LogP contribution in [0.25, 0.3) is 0 Å². The average molecular weight is 416 g/mol. The minimum absolute atomic E-state index is 0.0138. The van der Waals surface area contributed by atoms with Crippen LogP contribution in [0.3, 0.4) is 0 Å². The highest BCUT2D eigenvalue weighted by atomic mass is 19.1. The number of halogens is 1. The molecular formula is C23H30FN3O3. The summed E-state index contributed by atoms with van der Waals surface area (Å²) in [7, 11) is 0. The van der Waals surface area contributed by atoms with Crippen LogP contribution in [0, 0.1) is 23.6 Å². The van der Waals surface area contributed by atoms with Gasteiger partial charge in [0.2, 0.25) is 5.88 Å². The average Bonchev–Trinajstić information content (AvgIpc) is 2.96. The second-order valence-corrected chi connectivity index (χ2v) is 10.5. The summed E-state index contributed by atoms with van der Waals surface area (Å²) < 4.78 is 19.1. The fourth-order valence-electron chi connectivity index (χ4n) is 7.59. The van der Waals surface area contributed by atoms with Crippen molar-refractivity contribution in [3.63, 3.8) is 0 Å². The number of aliphatic hydroxyl groups is 1. The first-order valence-electron chi connectivity index (χ1n) is 11.6. The van der Waals surface area contributed by atoms with Gasteiger partial charge in [-0.25, -0.2) is 14.2 Å². The van der Waals surface area contributed by atoms with Gasteiger partial charge in [-0.05, 0) is 68.8 Å². The monoisotopic (exact) mass is 415 g/mol. The molecule has 2 aliphatic heterocycles. The van der Waals surface area contributed by atoms with Gasteiger partial charge in [-0.15, -0.1) is 0 Å². The second kappa shape index (κ2) is 6.81. The van der Waals surface area contributed by atoms with Crippen LogP contribution >= 0.6 is 0 Å². The minimum Gasteiger partial charge on any atom is -0.474 e. The van der Waals surface area contributed by atoms with Crippen LogP contribution in [0.4, 0.5) is 9.18 Å². The van der Waals surface area contributed by atoms with Crippen molar-refractivity contribution in [1.82, 2.24) is 15.2 Å². The third-order valence-corrected chi connectivity index (χ3v) is 8.44. The number of piperidine rings is 1. The molecule has 4 saturated carbocycles. The summed E-state index contributed by atoms with van der Waals surface area (Å²) in [6.45, 7) is 0. The number of fused-ring (bicyclic) bond motifs is 2. The van der Waals surface area contributed by atoms with Crippen molar-refractivity contribution in [2.75, 3.05) is 0 Å². The minimum atomic E-state index is -0.471. The van der Waals surface area contributed by atoms with Crippen LogP contribution in [0.1, 0.15) is 57.8 Å². The molecule has 7 heteroatoms. The summed E-state index contributed by atoms with van der Waals surface area (Å²) in [6.07, 6.45) is 9.74. The lowest BCUT2D eigenvalue weighted by atomic mass is 9.52. The van der Waals surface area contributed by atoms with E-state index in [2.05, 4.69) is 15.2 Å². The Bertz CT molecular complexity index is 803. The van der Waals surface area contributed by atoms with E-state index in [1.807, 2.05) is 0 Å². The van der Waals surface area contributed by atoms with Crippen molar-refractivity contribution >= 4 is 6.03 Å². The summed E-state index contributed by atoms with van der Waals surface area (Å²) in [6, 6.07) is 3.60. The Hall–Kier alpha value is -1.89. The number of carbonyl (C=O) groups is 1. The van der Waals surface area contributed by atoms with Crippen molar-refractivity contribution in [1.29, 1.82) is 0 Å². The number of rotatable bonds is 3. The standard InChI is InChI=1S/C23H30FN3O3/c24-16-1-4-20(25-12-16)30-19-7-17-2-3-18(8-19)27(17)22(28)26-21-14-5-13-6-15(21)11-23(29,9-13)10-14/h1,4,12-15,17-19,21,29H,2-3,5-11H2,(H,26,28)/t13?,14?,15?,17-,18+,19?,21?,23?. The maximum atomic E-state index is 13.3. The van der Waals surface area contributed by atoms with E-state index >= 15 is 0 Å². The Morgan fingerprint density at radius 1 is 1.13 bits per heavy atom. The normalized spacial score (nSPS) is 43.7. The number of nitrogens with one attached hydrogen (secondary N) is 1. The first-order valence-corrected chi connectivity index (χ1v) is 11.6. The highest BCUT2D eigenvalue weighted by Gasteiger charge is 2.55. The molecule has 3 heterocycles. The number of aromatic nitrogens is 1. The third-order valence-electron chi connectivity index (χ3n) is 8.44. The molecule has 2 amide bonds. The summed E-state index contributed by atoms with van der Waals surface area (Å²) >= 11 is 0. The molecule has 1 aromatic heterocycles. The van der Waals surface area contributed by atoms with E-state index in [0.717, 1.165) is 57.8 Å². The number of pyridine rings is 1. The first kappa shape index (κ1) is 18.8. The van der Waals surface area contributed by atoms with Crippen LogP contribution in [-0.2, 0) is 0 Å². The van der Waals surface area contributed by atoms with Gasteiger partial charge >= 0.3 is 6.03 Å². The predicted molar refractivity (Wildman–Crippen MR) is 107 cm³/mol. The molecule has 4 aliphatic carbocycles. The summed E-state index contributed by atoms with van der Waals surface area (Å²) in [4.78, 5) is 19.4. The highest BCUT2D eigenvalue weighted by molar-refractivity contribution is 5.76. The molecule has 5 atom stereocenters. The molecule has 6 bridgehead atoms. The van der Waals surface area contributed by atoms with Crippen molar-refractivity contribution in [2.24, 2.45) is 17.8 Å². The number of amides is 2. The largest absolute Gasteiger partial charge is 0.474 e. The zero-order valence-corrected chi connectivity index (χ0v) is 17.2. The molecule has 7 rings (SSSR count). The molecule has 2 N–H and O–H groups in total. The molecule has 0 spiro atoms. The van der Waals surface area contributed by atoms with Gasteiger partial charge in [0.15, 0.2) is 0 Å². The quantitative estimate of drug-likeness (QED) is 0.795. The van der Waals surface area contributed by atoms with Gasteiger partial charge in [-0.3, -0.25) is 0 Å². The molecule has 0 aromatic carbocycles. The number of ether oxygens (including phenoxy) is 1. The van der Waals surface area contributed by atoms with Crippen LogP contribution < -0.4 is 10.1 Å². The second-order valence-electron chi connectivity index (χ2n) is 10.5. The van der Waals surface area contributed by atoms with Crippen LogP contribution in [0.15, 0.2) is 18.3 Å². The Kier molecular flexibility index (Phi) is 4.28. The lowest BCUT2D eigenvalue weighted by Crippen LogP contribution is -2.64. The van der Waals surface area contributed by atoms with Gasteiger partial charge in [0.05, 0.1) is 11.8 Å². The van der Waals surface area contributed by atoms with E-state index in [1.165, 1.54) is 12.3 Å². The zero-order chi connectivity index (χ0) is 20.5. The molecule has 6 nitrogen and oxygen atoms in total. The van der Waals surface area contributed by atoms with E-state index in [9.17, 15) is 14.3 Å². The molecule has 6 fully saturated rings. The van der Waals surface area contributed by atoms with Crippen molar-refractivity contribution < 1.29 is 19.0 Å². The molecule has 1 aromatic rings. The van der Waals surface area contributed by atoms with E-state index in [0.29, 0.717) is 23.6 Å². The lowest BCUT2D eigenvalue weighted by Gasteiger charge is -2.58. The number of hydrogen-bond donors (Lipinski definition) is 2. The molecule has 2 saturated heterocycles. The number of urea groups is 1. The maximum absolute atomic E-state index is 13.3. The Balaban J connectivity index is 1.10. The predicted octanol–water partition coefficient (Wildman–Crippen LogP) is 3.24. The van der Waals surface area contributed by atoms with Crippen molar-refractivity contribution in [3.8, 4) is 5.88 Å². The Morgan fingerprint density at radius 2 is 1.83 bits per heavy atom. The van der Waals surface area contributed by atoms with E-state index in [-0.39, 0.29) is 36.1 Å². The van der Waals surface area contributed by atoms with Gasteiger partial charge in [0.1, 0.15) is 11.9 Å². The zero-order valence-electron chi connectivity index (χ0n) is 17.2. The fraction of sp³-hybridized carbons (Fsp3) is 0.739. The lowest BCUT2D eigenvalue weighted by molar-refractivity contribution is -0.137. The van der Waals surface area contributed by atoms with Crippen LogP contribution in [0.5, 0.6) is 5.88 Å². The number of carbonyl (C=O) groups excluding carboxylic acids is 1. The molecular weight excluding hydrogens is 385 g/mol. The van der Waals surface area contributed by atoms with Gasteiger partial charge in [0.25, 0.3) is 0 Å². The third kappa shape index (κ3) is 3.17. The van der Waals surface area contributed by atoms with Gasteiger partial charge < -0.3 is 20.1 Å². The van der Waals surface area contributed by atoms with Crippen LogP contribution in [-0.4, -0.2) is 50.9 Å². The molecule has 0 radical (unpaired) electrons. The van der Waals surface area contributed by atoms with Crippen LogP contribution in [0.2, 0.25) is 0 Å². The Labute approximate surface area is 176 Å². The van der Waals surface area contributed by atoms with Crippen molar-refractivity contribution in [3.05, 3.63) is 24.1 Å². The molecule has 162 valence electrons. The first-order chi connectivity index (χ1) is 14.5. The molecule has 3 unspecified atom stereocenters. The Morgan fingerprint density at radius 3 is 2.43 bits per heavy atom. The van der Waals surface area contributed by atoms with E-state index in [4.69, 9.17) is 4.74 Å². The number of nitrogens with zero attached hydrogens (tertiary/aromatic N) is 2. The number of hydrogen-bond acceptors (Lipinski definition) is 4.